The summed E-state index contributed by atoms with van der Waals surface area (Å²) >= 11 is 0. The van der Waals surface area contributed by atoms with Crippen LogP contribution in [0.4, 0.5) is 0 Å². The average Bonchev–Trinajstić information content (AvgIpc) is 2.47. The molecule has 0 unspecified atom stereocenters. The molecule has 1 atom stereocenters. The molecule has 0 fully saturated rings. The number of phenols is 1. The highest BCUT2D eigenvalue weighted by Crippen LogP contribution is 2.34. The highest BCUT2D eigenvalue weighted by atomic mass is 16.3. The lowest BCUT2D eigenvalue weighted by Gasteiger charge is -2.27. The second-order valence-electron chi connectivity index (χ2n) is 4.92. The summed E-state index contributed by atoms with van der Waals surface area (Å²) in [5.74, 6) is 0.423. The monoisotopic (exact) mass is 255 g/mol. The van der Waals surface area contributed by atoms with Crippen LogP contribution >= 0.6 is 0 Å². The average molecular weight is 255 g/mol. The maximum Gasteiger partial charge on any atom is 0.119 e. The zero-order valence-electron chi connectivity index (χ0n) is 10.7. The molecule has 1 aliphatic rings. The van der Waals surface area contributed by atoms with E-state index in [4.69, 9.17) is 0 Å². The van der Waals surface area contributed by atoms with Gasteiger partial charge in [-0.1, -0.05) is 12.1 Å². The lowest BCUT2D eigenvalue weighted by Crippen LogP contribution is -2.25. The summed E-state index contributed by atoms with van der Waals surface area (Å²) in [6.45, 7) is 0.751. The van der Waals surface area contributed by atoms with Crippen LogP contribution in [0.3, 0.4) is 0 Å². The fourth-order valence-electron chi connectivity index (χ4n) is 2.70. The van der Waals surface area contributed by atoms with E-state index in [2.05, 4.69) is 21.4 Å². The van der Waals surface area contributed by atoms with E-state index in [9.17, 15) is 5.11 Å². The Bertz CT molecular complexity index is 557. The predicted molar refractivity (Wildman–Crippen MR) is 72.7 cm³/mol. The molecular formula is C15H17N3O. The van der Waals surface area contributed by atoms with E-state index in [1.54, 1.807) is 6.07 Å². The molecule has 98 valence electrons. The number of aromatic hydroxyl groups is 1. The summed E-state index contributed by atoms with van der Waals surface area (Å²) in [5, 5.41) is 13.4. The molecule has 19 heavy (non-hydrogen) atoms. The minimum Gasteiger partial charge on any atom is -0.508 e. The highest BCUT2D eigenvalue weighted by Gasteiger charge is 2.21. The van der Waals surface area contributed by atoms with Gasteiger partial charge in [0.15, 0.2) is 0 Å². The van der Waals surface area contributed by atoms with Crippen LogP contribution in [0.1, 0.15) is 35.6 Å². The SMILES string of the molecule is Oc1cccc2c1CCC[C@@H]2NCc1cncnc1. The van der Waals surface area contributed by atoms with Crippen LogP contribution in [-0.2, 0) is 13.0 Å². The van der Waals surface area contributed by atoms with Crippen LogP contribution in [0.5, 0.6) is 5.75 Å². The molecule has 3 rings (SSSR count). The number of rotatable bonds is 3. The van der Waals surface area contributed by atoms with Crippen molar-refractivity contribution in [1.29, 1.82) is 0 Å². The van der Waals surface area contributed by atoms with Gasteiger partial charge in [0.2, 0.25) is 0 Å². The number of aromatic nitrogens is 2. The third-order valence-corrected chi connectivity index (χ3v) is 3.65. The molecular weight excluding hydrogens is 238 g/mol. The first-order chi connectivity index (χ1) is 9.34. The zero-order valence-corrected chi connectivity index (χ0v) is 10.7. The van der Waals surface area contributed by atoms with Gasteiger partial charge in [-0.3, -0.25) is 0 Å². The lowest BCUT2D eigenvalue weighted by molar-refractivity contribution is 0.429. The smallest absolute Gasteiger partial charge is 0.119 e. The van der Waals surface area contributed by atoms with Crippen molar-refractivity contribution in [1.82, 2.24) is 15.3 Å². The van der Waals surface area contributed by atoms with E-state index in [0.29, 0.717) is 11.8 Å². The number of nitrogens with zero attached hydrogens (tertiary/aromatic N) is 2. The van der Waals surface area contributed by atoms with Gasteiger partial charge in [0.05, 0.1) is 0 Å². The van der Waals surface area contributed by atoms with Crippen molar-refractivity contribution >= 4 is 0 Å². The van der Waals surface area contributed by atoms with Gasteiger partial charge < -0.3 is 10.4 Å². The quantitative estimate of drug-likeness (QED) is 0.884. The normalized spacial score (nSPS) is 18.0. The van der Waals surface area contributed by atoms with Crippen molar-refractivity contribution in [2.75, 3.05) is 0 Å². The van der Waals surface area contributed by atoms with E-state index in [1.807, 2.05) is 18.5 Å². The van der Waals surface area contributed by atoms with Gasteiger partial charge in [-0.2, -0.15) is 0 Å². The maximum atomic E-state index is 9.91. The molecule has 0 saturated carbocycles. The minimum absolute atomic E-state index is 0.302. The van der Waals surface area contributed by atoms with E-state index < -0.39 is 0 Å². The fraction of sp³-hybridized carbons (Fsp3) is 0.333. The van der Waals surface area contributed by atoms with Crippen molar-refractivity contribution in [3.63, 3.8) is 0 Å². The summed E-state index contributed by atoms with van der Waals surface area (Å²) in [5.41, 5.74) is 3.40. The second kappa shape index (κ2) is 5.36. The van der Waals surface area contributed by atoms with Crippen molar-refractivity contribution in [3.05, 3.63) is 53.6 Å². The van der Waals surface area contributed by atoms with Crippen molar-refractivity contribution in [3.8, 4) is 5.75 Å². The van der Waals surface area contributed by atoms with Crippen LogP contribution < -0.4 is 5.32 Å². The molecule has 0 saturated heterocycles. The molecule has 1 aromatic heterocycles. The molecule has 4 nitrogen and oxygen atoms in total. The summed E-state index contributed by atoms with van der Waals surface area (Å²) in [6, 6.07) is 6.09. The molecule has 2 N–H and O–H groups in total. The van der Waals surface area contributed by atoms with Gasteiger partial charge in [-0.15, -0.1) is 0 Å². The Labute approximate surface area is 112 Å². The first-order valence-corrected chi connectivity index (χ1v) is 6.62. The first kappa shape index (κ1) is 12.1. The number of benzene rings is 1. The van der Waals surface area contributed by atoms with Gasteiger partial charge in [0, 0.05) is 30.5 Å². The number of fused-ring (bicyclic) bond motifs is 1. The van der Waals surface area contributed by atoms with Crippen LogP contribution in [0.2, 0.25) is 0 Å². The van der Waals surface area contributed by atoms with Gasteiger partial charge in [-0.05, 0) is 36.5 Å². The van der Waals surface area contributed by atoms with E-state index in [0.717, 1.165) is 36.9 Å². The maximum absolute atomic E-state index is 9.91. The van der Waals surface area contributed by atoms with Crippen LogP contribution in [0.15, 0.2) is 36.9 Å². The molecule has 0 spiro atoms. The molecule has 4 heteroatoms. The zero-order chi connectivity index (χ0) is 13.1. The number of hydrogen-bond acceptors (Lipinski definition) is 4. The number of hydrogen-bond donors (Lipinski definition) is 2. The lowest BCUT2D eigenvalue weighted by atomic mass is 9.87. The Hall–Kier alpha value is -1.94. The topological polar surface area (TPSA) is 58.0 Å². The largest absolute Gasteiger partial charge is 0.508 e. The molecule has 1 aromatic carbocycles. The summed E-state index contributed by atoms with van der Waals surface area (Å²) in [7, 11) is 0. The summed E-state index contributed by atoms with van der Waals surface area (Å²) < 4.78 is 0. The summed E-state index contributed by atoms with van der Waals surface area (Å²) in [4.78, 5) is 8.03. The van der Waals surface area contributed by atoms with Gasteiger partial charge >= 0.3 is 0 Å². The predicted octanol–water partition coefficient (Wildman–Crippen LogP) is 2.35. The number of nitrogens with one attached hydrogen (secondary N) is 1. The van der Waals surface area contributed by atoms with E-state index in [-0.39, 0.29) is 0 Å². The molecule has 1 aliphatic carbocycles. The van der Waals surface area contributed by atoms with E-state index in [1.165, 1.54) is 11.9 Å². The molecule has 2 aromatic rings. The molecule has 0 amide bonds. The Morgan fingerprint density at radius 1 is 1.26 bits per heavy atom. The summed E-state index contributed by atoms with van der Waals surface area (Å²) in [6.07, 6.45) is 8.36. The van der Waals surface area contributed by atoms with Crippen molar-refractivity contribution in [2.45, 2.75) is 31.8 Å². The Morgan fingerprint density at radius 3 is 2.95 bits per heavy atom. The molecule has 0 bridgehead atoms. The first-order valence-electron chi connectivity index (χ1n) is 6.62. The molecule has 0 radical (unpaired) electrons. The van der Waals surface area contributed by atoms with Crippen LogP contribution in [0, 0.1) is 0 Å². The third kappa shape index (κ3) is 2.58. The third-order valence-electron chi connectivity index (χ3n) is 3.65. The van der Waals surface area contributed by atoms with Crippen molar-refractivity contribution < 1.29 is 5.11 Å². The Kier molecular flexibility index (Phi) is 3.42. The standard InChI is InChI=1S/C15H17N3O/c19-15-6-2-3-12-13(15)4-1-5-14(12)18-9-11-7-16-10-17-8-11/h2-3,6-8,10,14,18-19H,1,4-5,9H2/t14-/m0/s1. The Balaban J connectivity index is 1.75. The number of phenolic OH excluding ortho intramolecular Hbond substituents is 1. The van der Waals surface area contributed by atoms with Crippen LogP contribution in [-0.4, -0.2) is 15.1 Å². The van der Waals surface area contributed by atoms with E-state index >= 15 is 0 Å². The molecule has 1 heterocycles. The van der Waals surface area contributed by atoms with Gasteiger partial charge in [-0.25, -0.2) is 9.97 Å². The molecule has 0 aliphatic heterocycles. The van der Waals surface area contributed by atoms with Gasteiger partial charge in [0.1, 0.15) is 12.1 Å². The highest BCUT2D eigenvalue weighted by molar-refractivity contribution is 5.42. The van der Waals surface area contributed by atoms with Gasteiger partial charge in [0.25, 0.3) is 0 Å². The van der Waals surface area contributed by atoms with Crippen LogP contribution in [0.25, 0.3) is 0 Å². The van der Waals surface area contributed by atoms with Crippen molar-refractivity contribution in [2.24, 2.45) is 0 Å². The fourth-order valence-corrected chi connectivity index (χ4v) is 2.70. The minimum atomic E-state index is 0.302. The second-order valence-corrected chi connectivity index (χ2v) is 4.92. The Morgan fingerprint density at radius 2 is 2.11 bits per heavy atom.